The molecular formula is C22H33N5. The van der Waals surface area contributed by atoms with Gasteiger partial charge in [-0.15, -0.1) is 0 Å². The lowest BCUT2D eigenvalue weighted by Gasteiger charge is -2.38. The third-order valence-electron chi connectivity index (χ3n) is 8.20. The number of hydrogen-bond acceptors (Lipinski definition) is 5. The molecule has 1 aromatic rings. The molecule has 4 atom stereocenters. The van der Waals surface area contributed by atoms with Crippen molar-refractivity contribution in [2.45, 2.75) is 63.5 Å². The highest BCUT2D eigenvalue weighted by molar-refractivity contribution is 5.43. The number of aromatic nitrogens is 2. The van der Waals surface area contributed by atoms with E-state index in [9.17, 15) is 0 Å². The minimum Gasteiger partial charge on any atom is -0.356 e. The lowest BCUT2D eigenvalue weighted by Crippen LogP contribution is -2.48. The van der Waals surface area contributed by atoms with Crippen molar-refractivity contribution in [1.29, 1.82) is 0 Å². The molecule has 4 aliphatic carbocycles. The second-order valence-corrected chi connectivity index (χ2v) is 9.75. The maximum Gasteiger partial charge on any atom is 0.224 e. The number of nitrogens with one attached hydrogen (secondary N) is 1. The first kappa shape index (κ1) is 16.6. The number of hydrogen-bond donors (Lipinski definition) is 1. The van der Waals surface area contributed by atoms with Gasteiger partial charge in [0.2, 0.25) is 5.95 Å². The fourth-order valence-electron chi connectivity index (χ4n) is 7.05. The van der Waals surface area contributed by atoms with Crippen LogP contribution in [0, 0.1) is 23.7 Å². The molecule has 2 saturated heterocycles. The van der Waals surface area contributed by atoms with E-state index in [0.717, 1.165) is 54.6 Å². The molecule has 0 spiro atoms. The summed E-state index contributed by atoms with van der Waals surface area (Å²) < 4.78 is 0. The van der Waals surface area contributed by atoms with Crippen LogP contribution in [0.25, 0.3) is 0 Å². The summed E-state index contributed by atoms with van der Waals surface area (Å²) in [6, 6.07) is 3.50. The largest absolute Gasteiger partial charge is 0.356 e. The van der Waals surface area contributed by atoms with Crippen molar-refractivity contribution in [3.05, 3.63) is 12.3 Å². The first-order valence-electron chi connectivity index (χ1n) is 11.5. The fourth-order valence-corrected chi connectivity index (χ4v) is 7.05. The second-order valence-electron chi connectivity index (χ2n) is 9.75. The van der Waals surface area contributed by atoms with Crippen LogP contribution in [0.2, 0.25) is 0 Å². The summed E-state index contributed by atoms with van der Waals surface area (Å²) >= 11 is 0. The molecule has 4 unspecified atom stereocenters. The molecule has 5 nitrogen and oxygen atoms in total. The molecule has 6 aliphatic rings. The summed E-state index contributed by atoms with van der Waals surface area (Å²) in [6.45, 7) is 4.78. The van der Waals surface area contributed by atoms with Gasteiger partial charge in [0.15, 0.2) is 0 Å². The van der Waals surface area contributed by atoms with Gasteiger partial charge >= 0.3 is 0 Å². The Kier molecular flexibility index (Phi) is 4.06. The summed E-state index contributed by atoms with van der Waals surface area (Å²) in [7, 11) is 0. The standard InChI is InChI=1S/C22H33N5/c1-2-4-10-26(9-3-1)19-7-8-23-22(25-19)24-16-6-5-11-27(14-16)21-15-12-17-18(13-15)20(17)21/h7-8,15-18,20-21H,1-6,9-14H2,(H,23,24,25). The summed E-state index contributed by atoms with van der Waals surface area (Å²) in [4.78, 5) is 14.7. The summed E-state index contributed by atoms with van der Waals surface area (Å²) in [5, 5.41) is 3.70. The summed E-state index contributed by atoms with van der Waals surface area (Å²) in [5.74, 6) is 6.26. The second kappa shape index (κ2) is 6.61. The zero-order valence-electron chi connectivity index (χ0n) is 16.4. The van der Waals surface area contributed by atoms with E-state index in [1.165, 1.54) is 64.5 Å². The Morgan fingerprint density at radius 1 is 0.963 bits per heavy atom. The van der Waals surface area contributed by atoms with Crippen LogP contribution in [-0.4, -0.2) is 53.1 Å². The maximum atomic E-state index is 4.89. The maximum absolute atomic E-state index is 4.89. The monoisotopic (exact) mass is 367 g/mol. The summed E-state index contributed by atoms with van der Waals surface area (Å²) in [6.07, 6.45) is 12.9. The molecule has 0 amide bonds. The molecule has 0 aromatic carbocycles. The number of anilines is 2. The highest BCUT2D eigenvalue weighted by Crippen LogP contribution is 2.71. The van der Waals surface area contributed by atoms with Crippen molar-refractivity contribution >= 4 is 11.8 Å². The highest BCUT2D eigenvalue weighted by atomic mass is 15.3. The van der Waals surface area contributed by atoms with E-state index in [0.29, 0.717) is 6.04 Å². The third-order valence-corrected chi connectivity index (χ3v) is 8.20. The van der Waals surface area contributed by atoms with Crippen molar-refractivity contribution in [1.82, 2.24) is 14.9 Å². The van der Waals surface area contributed by atoms with E-state index < -0.39 is 0 Å². The Morgan fingerprint density at radius 2 is 1.78 bits per heavy atom. The van der Waals surface area contributed by atoms with Crippen LogP contribution in [-0.2, 0) is 0 Å². The Hall–Kier alpha value is -1.36. The van der Waals surface area contributed by atoms with Crippen molar-refractivity contribution in [2.24, 2.45) is 23.7 Å². The Morgan fingerprint density at radius 3 is 2.52 bits per heavy atom. The lowest BCUT2D eigenvalue weighted by molar-refractivity contribution is 0.127. The molecule has 4 bridgehead atoms. The van der Waals surface area contributed by atoms with E-state index in [-0.39, 0.29) is 0 Å². The minimum atomic E-state index is 0.508. The number of nitrogens with zero attached hydrogens (tertiary/aromatic N) is 4. The predicted octanol–water partition coefficient (Wildman–Crippen LogP) is 3.39. The Bertz CT molecular complexity index is 671. The van der Waals surface area contributed by atoms with E-state index in [1.807, 2.05) is 6.20 Å². The van der Waals surface area contributed by atoms with Crippen LogP contribution in [0.3, 0.4) is 0 Å². The van der Waals surface area contributed by atoms with Crippen molar-refractivity contribution in [2.75, 3.05) is 36.4 Å². The van der Waals surface area contributed by atoms with Crippen LogP contribution in [0.1, 0.15) is 51.4 Å². The molecule has 4 saturated carbocycles. The Labute approximate surface area is 162 Å². The number of rotatable bonds is 4. The van der Waals surface area contributed by atoms with E-state index in [1.54, 1.807) is 0 Å². The van der Waals surface area contributed by atoms with Crippen LogP contribution in [0.5, 0.6) is 0 Å². The molecule has 3 heterocycles. The SMILES string of the molecule is c1cc(N2CCCCCC2)nc(NC2CCCN(C3C4CC5C(C4)C53)C2)n1. The van der Waals surface area contributed by atoms with Gasteiger partial charge in [-0.05, 0) is 74.8 Å². The molecular weight excluding hydrogens is 334 g/mol. The van der Waals surface area contributed by atoms with Crippen molar-refractivity contribution in [3.8, 4) is 0 Å². The topological polar surface area (TPSA) is 44.3 Å². The molecule has 0 radical (unpaired) electrons. The smallest absolute Gasteiger partial charge is 0.224 e. The van der Waals surface area contributed by atoms with Gasteiger partial charge in [0.25, 0.3) is 0 Å². The molecule has 1 N–H and O–H groups in total. The van der Waals surface area contributed by atoms with Crippen LogP contribution in [0.15, 0.2) is 12.3 Å². The molecule has 146 valence electrons. The molecule has 6 fully saturated rings. The molecule has 27 heavy (non-hydrogen) atoms. The predicted molar refractivity (Wildman–Crippen MR) is 108 cm³/mol. The van der Waals surface area contributed by atoms with Gasteiger partial charge < -0.3 is 10.2 Å². The third kappa shape index (κ3) is 2.93. The van der Waals surface area contributed by atoms with Crippen molar-refractivity contribution in [3.63, 3.8) is 0 Å². The van der Waals surface area contributed by atoms with Crippen molar-refractivity contribution < 1.29 is 0 Å². The van der Waals surface area contributed by atoms with E-state index in [4.69, 9.17) is 4.98 Å². The zero-order chi connectivity index (χ0) is 17.8. The van der Waals surface area contributed by atoms with Crippen LogP contribution < -0.4 is 10.2 Å². The normalized spacial score (nSPS) is 40.8. The van der Waals surface area contributed by atoms with Gasteiger partial charge in [0, 0.05) is 37.9 Å². The van der Waals surface area contributed by atoms with E-state index >= 15 is 0 Å². The van der Waals surface area contributed by atoms with Gasteiger partial charge in [-0.1, -0.05) is 12.8 Å². The zero-order valence-corrected chi connectivity index (χ0v) is 16.4. The number of likely N-dealkylation sites (tertiary alicyclic amines) is 1. The van der Waals surface area contributed by atoms with Gasteiger partial charge in [0.05, 0.1) is 0 Å². The molecule has 2 aliphatic heterocycles. The highest BCUT2D eigenvalue weighted by Gasteiger charge is 2.69. The van der Waals surface area contributed by atoms with Gasteiger partial charge in [-0.25, -0.2) is 4.98 Å². The lowest BCUT2D eigenvalue weighted by atomic mass is 9.99. The fraction of sp³-hybridized carbons (Fsp3) is 0.818. The first-order valence-corrected chi connectivity index (χ1v) is 11.5. The molecule has 1 aromatic heterocycles. The first-order chi connectivity index (χ1) is 13.4. The minimum absolute atomic E-state index is 0.508. The van der Waals surface area contributed by atoms with Crippen LogP contribution >= 0.6 is 0 Å². The molecule has 5 heteroatoms. The van der Waals surface area contributed by atoms with Gasteiger partial charge in [-0.2, -0.15) is 4.98 Å². The average Bonchev–Trinajstić information content (AvgIpc) is 2.95. The van der Waals surface area contributed by atoms with Crippen LogP contribution in [0.4, 0.5) is 11.8 Å². The average molecular weight is 368 g/mol. The quantitative estimate of drug-likeness (QED) is 0.884. The van der Waals surface area contributed by atoms with Gasteiger partial charge in [0.1, 0.15) is 5.82 Å². The molecule has 7 rings (SSSR count). The summed E-state index contributed by atoms with van der Waals surface area (Å²) in [5.41, 5.74) is 0. The van der Waals surface area contributed by atoms with E-state index in [2.05, 4.69) is 26.2 Å². The number of piperidine rings is 1. The Balaban J connectivity index is 1.11. The van der Waals surface area contributed by atoms with Gasteiger partial charge in [-0.3, -0.25) is 4.90 Å².